The molecule has 0 saturated heterocycles. The largest absolute Gasteiger partial charge is 0.480 e. The van der Waals surface area contributed by atoms with Crippen molar-refractivity contribution in [3.8, 4) is 0 Å². The van der Waals surface area contributed by atoms with E-state index in [0.29, 0.717) is 12.2 Å². The number of carboxylic acid groups (broad SMARTS) is 1. The minimum Gasteiger partial charge on any atom is -0.480 e. The number of hydrogen-bond acceptors (Lipinski definition) is 4. The van der Waals surface area contributed by atoms with Crippen LogP contribution >= 0.6 is 0 Å². The first-order valence-corrected chi connectivity index (χ1v) is 6.42. The highest BCUT2D eigenvalue weighted by molar-refractivity contribution is 5.79. The van der Waals surface area contributed by atoms with E-state index in [0.717, 1.165) is 24.1 Å². The predicted octanol–water partition coefficient (Wildman–Crippen LogP) is 2.09. The molecule has 0 saturated carbocycles. The summed E-state index contributed by atoms with van der Waals surface area (Å²) >= 11 is 0. The molecule has 0 aliphatic heterocycles. The van der Waals surface area contributed by atoms with Gasteiger partial charge < -0.3 is 10.4 Å². The highest BCUT2D eigenvalue weighted by atomic mass is 16.4. The second-order valence-electron chi connectivity index (χ2n) is 4.57. The van der Waals surface area contributed by atoms with Crippen LogP contribution in [0.25, 0.3) is 5.52 Å². The molecule has 0 aliphatic carbocycles. The molecule has 2 aromatic heterocycles. The summed E-state index contributed by atoms with van der Waals surface area (Å²) in [5.41, 5.74) is 1.67. The Morgan fingerprint density at radius 1 is 1.58 bits per heavy atom. The van der Waals surface area contributed by atoms with E-state index in [1.54, 1.807) is 16.9 Å². The third-order valence-electron chi connectivity index (χ3n) is 2.97. The Bertz CT molecular complexity index is 579. The Hall–Kier alpha value is -2.11. The zero-order chi connectivity index (χ0) is 13.8. The highest BCUT2D eigenvalue weighted by Gasteiger charge is 2.18. The zero-order valence-electron chi connectivity index (χ0n) is 11.1. The van der Waals surface area contributed by atoms with Crippen LogP contribution in [0.4, 0.5) is 5.82 Å². The van der Waals surface area contributed by atoms with Crippen molar-refractivity contribution >= 4 is 17.3 Å². The van der Waals surface area contributed by atoms with Crippen molar-refractivity contribution in [2.45, 2.75) is 39.2 Å². The fourth-order valence-corrected chi connectivity index (χ4v) is 1.99. The van der Waals surface area contributed by atoms with Crippen LogP contribution in [-0.2, 0) is 4.79 Å². The Kier molecular flexibility index (Phi) is 3.99. The summed E-state index contributed by atoms with van der Waals surface area (Å²) in [5.74, 6) is -0.292. The van der Waals surface area contributed by atoms with Crippen LogP contribution in [0.2, 0.25) is 0 Å². The van der Waals surface area contributed by atoms with Gasteiger partial charge in [-0.25, -0.2) is 14.3 Å². The number of aryl methyl sites for hydroxylation is 1. The average Bonchev–Trinajstić information content (AvgIpc) is 2.75. The second kappa shape index (κ2) is 5.69. The van der Waals surface area contributed by atoms with E-state index in [1.807, 2.05) is 19.9 Å². The van der Waals surface area contributed by atoms with Crippen molar-refractivity contribution in [2.75, 3.05) is 5.32 Å². The molecule has 2 rings (SSSR count). The molecule has 2 heterocycles. The van der Waals surface area contributed by atoms with Gasteiger partial charge in [0.15, 0.2) is 5.82 Å². The topological polar surface area (TPSA) is 79.5 Å². The molecule has 1 atom stereocenters. The fourth-order valence-electron chi connectivity index (χ4n) is 1.99. The van der Waals surface area contributed by atoms with Crippen LogP contribution in [0.5, 0.6) is 0 Å². The molecule has 2 aromatic rings. The monoisotopic (exact) mass is 262 g/mol. The maximum absolute atomic E-state index is 11.2. The number of aromatic nitrogens is 3. The number of aliphatic carboxylic acids is 1. The van der Waals surface area contributed by atoms with Gasteiger partial charge in [0.2, 0.25) is 0 Å². The van der Waals surface area contributed by atoms with Gasteiger partial charge in [0, 0.05) is 12.4 Å². The SMILES string of the molecule is CCCC[C@H](Nc1nccn2nc(C)cc12)C(=O)O. The van der Waals surface area contributed by atoms with E-state index in [-0.39, 0.29) is 0 Å². The predicted molar refractivity (Wildman–Crippen MR) is 72.3 cm³/mol. The van der Waals surface area contributed by atoms with Gasteiger partial charge in [-0.15, -0.1) is 0 Å². The van der Waals surface area contributed by atoms with E-state index >= 15 is 0 Å². The van der Waals surface area contributed by atoms with Gasteiger partial charge in [-0.2, -0.15) is 5.10 Å². The number of nitrogens with zero attached hydrogens (tertiary/aromatic N) is 3. The number of fused-ring (bicyclic) bond motifs is 1. The van der Waals surface area contributed by atoms with Gasteiger partial charge in [0.1, 0.15) is 11.6 Å². The normalized spacial score (nSPS) is 12.5. The lowest BCUT2D eigenvalue weighted by Gasteiger charge is -2.15. The summed E-state index contributed by atoms with van der Waals surface area (Å²) in [6, 6.07) is 1.27. The van der Waals surface area contributed by atoms with Crippen molar-refractivity contribution in [3.63, 3.8) is 0 Å². The molecule has 0 aliphatic rings. The van der Waals surface area contributed by atoms with Crippen molar-refractivity contribution in [3.05, 3.63) is 24.2 Å². The molecule has 2 N–H and O–H groups in total. The molecule has 0 radical (unpaired) electrons. The van der Waals surface area contributed by atoms with Gasteiger partial charge in [0.25, 0.3) is 0 Å². The van der Waals surface area contributed by atoms with Crippen molar-refractivity contribution < 1.29 is 9.90 Å². The zero-order valence-corrected chi connectivity index (χ0v) is 11.1. The molecular weight excluding hydrogens is 244 g/mol. The number of carbonyl (C=O) groups is 1. The molecule has 0 aromatic carbocycles. The molecule has 0 amide bonds. The maximum Gasteiger partial charge on any atom is 0.326 e. The number of hydrogen-bond donors (Lipinski definition) is 2. The minimum absolute atomic E-state index is 0.562. The lowest BCUT2D eigenvalue weighted by atomic mass is 10.1. The molecule has 102 valence electrons. The van der Waals surface area contributed by atoms with E-state index in [4.69, 9.17) is 0 Å². The minimum atomic E-state index is -0.853. The number of rotatable bonds is 6. The third-order valence-corrected chi connectivity index (χ3v) is 2.97. The molecule has 0 fully saturated rings. The van der Waals surface area contributed by atoms with Gasteiger partial charge in [0.05, 0.1) is 5.69 Å². The van der Waals surface area contributed by atoms with E-state index < -0.39 is 12.0 Å². The van der Waals surface area contributed by atoms with Crippen LogP contribution in [0.3, 0.4) is 0 Å². The first-order valence-electron chi connectivity index (χ1n) is 6.42. The highest BCUT2D eigenvalue weighted by Crippen LogP contribution is 2.17. The quantitative estimate of drug-likeness (QED) is 0.833. The number of carboxylic acids is 1. The fraction of sp³-hybridized carbons (Fsp3) is 0.462. The number of nitrogens with one attached hydrogen (secondary N) is 1. The lowest BCUT2D eigenvalue weighted by Crippen LogP contribution is -2.29. The first-order chi connectivity index (χ1) is 9.11. The Balaban J connectivity index is 2.25. The van der Waals surface area contributed by atoms with Gasteiger partial charge in [-0.3, -0.25) is 0 Å². The first kappa shape index (κ1) is 13.3. The molecule has 6 nitrogen and oxygen atoms in total. The summed E-state index contributed by atoms with van der Waals surface area (Å²) in [7, 11) is 0. The van der Waals surface area contributed by atoms with E-state index in [2.05, 4.69) is 15.4 Å². The number of anilines is 1. The smallest absolute Gasteiger partial charge is 0.326 e. The molecular formula is C13H18N4O2. The summed E-state index contributed by atoms with van der Waals surface area (Å²) in [6.07, 6.45) is 5.78. The van der Waals surface area contributed by atoms with Gasteiger partial charge in [-0.1, -0.05) is 19.8 Å². The Morgan fingerprint density at radius 3 is 3.05 bits per heavy atom. The van der Waals surface area contributed by atoms with E-state index in [9.17, 15) is 9.90 Å². The van der Waals surface area contributed by atoms with Crippen LogP contribution in [-0.4, -0.2) is 31.7 Å². The van der Waals surface area contributed by atoms with E-state index in [1.165, 1.54) is 0 Å². The number of unbranched alkanes of at least 4 members (excludes halogenated alkanes) is 1. The summed E-state index contributed by atoms with van der Waals surface area (Å²) in [6.45, 7) is 3.93. The lowest BCUT2D eigenvalue weighted by molar-refractivity contribution is -0.138. The Morgan fingerprint density at radius 2 is 2.37 bits per heavy atom. The van der Waals surface area contributed by atoms with Crippen LogP contribution in [0.1, 0.15) is 31.9 Å². The molecule has 0 bridgehead atoms. The van der Waals surface area contributed by atoms with Gasteiger partial charge >= 0.3 is 5.97 Å². The van der Waals surface area contributed by atoms with Crippen LogP contribution < -0.4 is 5.32 Å². The molecule has 6 heteroatoms. The van der Waals surface area contributed by atoms with Gasteiger partial charge in [-0.05, 0) is 19.4 Å². The molecule has 0 spiro atoms. The Labute approximate surface area is 111 Å². The summed E-state index contributed by atoms with van der Waals surface area (Å²) in [5, 5.41) is 16.5. The summed E-state index contributed by atoms with van der Waals surface area (Å²) in [4.78, 5) is 15.5. The molecule has 0 unspecified atom stereocenters. The standard InChI is InChI=1S/C13H18N4O2/c1-3-4-5-10(13(18)19)15-12-11-8-9(2)16-17(11)7-6-14-12/h6-8,10H,3-5H2,1-2H3,(H,14,15)(H,18,19)/t10-/m0/s1. The van der Waals surface area contributed by atoms with Crippen molar-refractivity contribution in [2.24, 2.45) is 0 Å². The van der Waals surface area contributed by atoms with Crippen molar-refractivity contribution in [1.82, 2.24) is 14.6 Å². The van der Waals surface area contributed by atoms with Crippen LogP contribution in [0, 0.1) is 6.92 Å². The maximum atomic E-state index is 11.2. The molecule has 19 heavy (non-hydrogen) atoms. The average molecular weight is 262 g/mol. The second-order valence-corrected chi connectivity index (χ2v) is 4.57. The third kappa shape index (κ3) is 3.01. The summed E-state index contributed by atoms with van der Waals surface area (Å²) < 4.78 is 1.70. The van der Waals surface area contributed by atoms with Crippen LogP contribution in [0.15, 0.2) is 18.5 Å². The van der Waals surface area contributed by atoms with Crippen molar-refractivity contribution in [1.29, 1.82) is 0 Å².